The first-order valence-electron chi connectivity index (χ1n) is 10.1. The molecule has 11 heteroatoms. The number of amides is 2. The van der Waals surface area contributed by atoms with Crippen molar-refractivity contribution in [3.05, 3.63) is 70.1 Å². The van der Waals surface area contributed by atoms with Crippen LogP contribution in [0.2, 0.25) is 0 Å². The molecule has 2 aromatic rings. The van der Waals surface area contributed by atoms with E-state index in [1.807, 2.05) is 24.3 Å². The van der Waals surface area contributed by atoms with E-state index < -0.39 is 23.9 Å². The molecule has 1 aliphatic heterocycles. The molecule has 0 radical (unpaired) electrons. The average molecular weight is 500 g/mol. The summed E-state index contributed by atoms with van der Waals surface area (Å²) in [5.41, 5.74) is 2.83. The van der Waals surface area contributed by atoms with Crippen LogP contribution >= 0.6 is 24.0 Å². The Labute approximate surface area is 204 Å². The van der Waals surface area contributed by atoms with Gasteiger partial charge in [0.05, 0.1) is 4.91 Å². The van der Waals surface area contributed by atoms with Crippen molar-refractivity contribution in [1.82, 2.24) is 10.6 Å². The highest BCUT2D eigenvalue weighted by Crippen LogP contribution is 2.26. The third kappa shape index (κ3) is 7.15. The zero-order chi connectivity index (χ0) is 24.7. The topological polar surface area (TPSA) is 145 Å². The fourth-order valence-corrected chi connectivity index (χ4v) is 4.10. The summed E-state index contributed by atoms with van der Waals surface area (Å²) in [7, 11) is 0. The molecule has 0 spiro atoms. The molecule has 1 heterocycles. The standard InChI is InChI=1S/C23H21N3O6S2/c27-19(28)9-8-17(22(31)32)25-20(29)15-6-4-13(5-7-15)12-24-16-3-1-2-14(10-16)11-18-21(30)26-23(33)34-18/h1-7,10-11,17,24H,8-9,12H2,(H,25,29)(H,27,28)(H,31,32)(H,26,30,33)/b18-11-/t17-/m0/s1. The molecule has 3 rings (SSSR count). The first-order chi connectivity index (χ1) is 16.2. The molecular weight excluding hydrogens is 478 g/mol. The highest BCUT2D eigenvalue weighted by atomic mass is 32.2. The smallest absolute Gasteiger partial charge is 0.326 e. The molecule has 1 saturated heterocycles. The van der Waals surface area contributed by atoms with E-state index in [0.717, 1.165) is 16.8 Å². The minimum atomic E-state index is -1.29. The number of carboxylic acids is 2. The van der Waals surface area contributed by atoms with E-state index >= 15 is 0 Å². The number of hydrogen-bond acceptors (Lipinski definition) is 7. The Bertz CT molecular complexity index is 1160. The predicted octanol–water partition coefficient (Wildman–Crippen LogP) is 2.84. The number of nitrogens with one attached hydrogen (secondary N) is 3. The lowest BCUT2D eigenvalue weighted by Crippen LogP contribution is -2.41. The van der Waals surface area contributed by atoms with Crippen LogP contribution in [0.1, 0.15) is 34.3 Å². The Morgan fingerprint density at radius 1 is 1.12 bits per heavy atom. The maximum Gasteiger partial charge on any atom is 0.326 e. The summed E-state index contributed by atoms with van der Waals surface area (Å²) in [5.74, 6) is -3.23. The van der Waals surface area contributed by atoms with Crippen molar-refractivity contribution in [3.63, 3.8) is 0 Å². The van der Waals surface area contributed by atoms with Crippen molar-refractivity contribution in [2.45, 2.75) is 25.4 Å². The molecular formula is C23H21N3O6S2. The Morgan fingerprint density at radius 2 is 1.85 bits per heavy atom. The minimum Gasteiger partial charge on any atom is -0.481 e. The monoisotopic (exact) mass is 499 g/mol. The fraction of sp³-hybridized carbons (Fsp3) is 0.174. The molecule has 0 aromatic heterocycles. The zero-order valence-electron chi connectivity index (χ0n) is 17.7. The van der Waals surface area contributed by atoms with Crippen molar-refractivity contribution in [1.29, 1.82) is 0 Å². The van der Waals surface area contributed by atoms with Crippen LogP contribution < -0.4 is 16.0 Å². The fourth-order valence-electron chi connectivity index (χ4n) is 3.06. The summed E-state index contributed by atoms with van der Waals surface area (Å²) < 4.78 is 0.432. The summed E-state index contributed by atoms with van der Waals surface area (Å²) in [6, 6.07) is 12.9. The van der Waals surface area contributed by atoms with Crippen LogP contribution in [-0.4, -0.2) is 44.3 Å². The molecule has 2 amide bonds. The second-order valence-corrected chi connectivity index (χ2v) is 9.04. The number of aliphatic carboxylic acids is 2. The third-order valence-corrected chi connectivity index (χ3v) is 5.95. The van der Waals surface area contributed by atoms with E-state index in [0.29, 0.717) is 15.8 Å². The molecule has 0 bridgehead atoms. The van der Waals surface area contributed by atoms with E-state index in [2.05, 4.69) is 16.0 Å². The Balaban J connectivity index is 1.58. The van der Waals surface area contributed by atoms with Crippen molar-refractivity contribution in [3.8, 4) is 0 Å². The van der Waals surface area contributed by atoms with Gasteiger partial charge >= 0.3 is 11.9 Å². The predicted molar refractivity (Wildman–Crippen MR) is 132 cm³/mol. The van der Waals surface area contributed by atoms with Crippen LogP contribution in [0.15, 0.2) is 53.4 Å². The molecule has 0 unspecified atom stereocenters. The molecule has 34 heavy (non-hydrogen) atoms. The lowest BCUT2D eigenvalue weighted by molar-refractivity contribution is -0.140. The van der Waals surface area contributed by atoms with Gasteiger partial charge in [-0.05, 0) is 47.9 Å². The maximum absolute atomic E-state index is 12.3. The van der Waals surface area contributed by atoms with E-state index in [1.54, 1.807) is 30.3 Å². The number of anilines is 1. The van der Waals surface area contributed by atoms with Gasteiger partial charge in [-0.25, -0.2) is 4.79 Å². The van der Waals surface area contributed by atoms with Crippen molar-refractivity contribution in [2.24, 2.45) is 0 Å². The molecule has 0 aliphatic carbocycles. The summed E-state index contributed by atoms with van der Waals surface area (Å²) in [6.07, 6.45) is 1.20. The molecule has 5 N–H and O–H groups in total. The van der Waals surface area contributed by atoms with Crippen molar-refractivity contribution < 1.29 is 29.4 Å². The van der Waals surface area contributed by atoms with Gasteiger partial charge in [-0.15, -0.1) is 0 Å². The number of benzene rings is 2. The number of carbonyl (C=O) groups excluding carboxylic acids is 2. The maximum atomic E-state index is 12.3. The van der Waals surface area contributed by atoms with Crippen molar-refractivity contribution in [2.75, 3.05) is 5.32 Å². The molecule has 1 fully saturated rings. The largest absolute Gasteiger partial charge is 0.481 e. The normalized spacial score (nSPS) is 15.0. The highest BCUT2D eigenvalue weighted by molar-refractivity contribution is 8.26. The van der Waals surface area contributed by atoms with Crippen LogP contribution in [0.25, 0.3) is 6.08 Å². The first-order valence-corrected chi connectivity index (χ1v) is 11.4. The Morgan fingerprint density at radius 3 is 2.47 bits per heavy atom. The van der Waals surface area contributed by atoms with Gasteiger partial charge < -0.3 is 26.2 Å². The highest BCUT2D eigenvalue weighted by Gasteiger charge is 2.22. The number of hydrogen-bond donors (Lipinski definition) is 5. The molecule has 176 valence electrons. The lowest BCUT2D eigenvalue weighted by Gasteiger charge is -2.14. The minimum absolute atomic E-state index is 0.204. The summed E-state index contributed by atoms with van der Waals surface area (Å²) >= 11 is 6.21. The zero-order valence-corrected chi connectivity index (χ0v) is 19.4. The molecule has 0 saturated carbocycles. The second-order valence-electron chi connectivity index (χ2n) is 7.32. The summed E-state index contributed by atoms with van der Waals surface area (Å²) in [4.78, 5) is 46.6. The average Bonchev–Trinajstić information content (AvgIpc) is 3.11. The number of thioether (sulfide) groups is 1. The van der Waals surface area contributed by atoms with Gasteiger partial charge in [0, 0.05) is 24.2 Å². The quantitative estimate of drug-likeness (QED) is 0.246. The number of carboxylic acid groups (broad SMARTS) is 2. The van der Waals surface area contributed by atoms with E-state index in [-0.39, 0.29) is 24.3 Å². The van der Waals surface area contributed by atoms with E-state index in [1.165, 1.54) is 11.8 Å². The molecule has 1 atom stereocenters. The van der Waals surface area contributed by atoms with Gasteiger partial charge in [0.25, 0.3) is 11.8 Å². The van der Waals surface area contributed by atoms with E-state index in [4.69, 9.17) is 17.3 Å². The number of rotatable bonds is 10. The van der Waals surface area contributed by atoms with Gasteiger partial charge in [-0.3, -0.25) is 14.4 Å². The van der Waals surface area contributed by atoms with Gasteiger partial charge in [-0.2, -0.15) is 0 Å². The van der Waals surface area contributed by atoms with Crippen molar-refractivity contribution >= 4 is 63.8 Å². The second kappa shape index (κ2) is 11.4. The van der Waals surface area contributed by atoms with Gasteiger partial charge in [0.15, 0.2) is 0 Å². The molecule has 9 nitrogen and oxygen atoms in total. The Hall–Kier alpha value is -3.70. The number of carbonyl (C=O) groups is 4. The first kappa shape index (κ1) is 24.9. The molecule has 2 aromatic carbocycles. The molecule has 1 aliphatic rings. The van der Waals surface area contributed by atoms with Gasteiger partial charge in [0.2, 0.25) is 0 Å². The van der Waals surface area contributed by atoms with Crippen LogP contribution in [-0.2, 0) is 20.9 Å². The Kier molecular flexibility index (Phi) is 8.39. The SMILES string of the molecule is O=C(O)CC[C@H](NC(=O)c1ccc(CNc2cccc(/C=C3\SC(=S)NC3=O)c2)cc1)C(=O)O. The number of thiocarbonyl (C=S) groups is 1. The van der Waals surface area contributed by atoms with Crippen LogP contribution in [0, 0.1) is 0 Å². The van der Waals surface area contributed by atoms with Crippen LogP contribution in [0.4, 0.5) is 5.69 Å². The van der Waals surface area contributed by atoms with E-state index in [9.17, 15) is 24.3 Å². The lowest BCUT2D eigenvalue weighted by atomic mass is 10.1. The summed E-state index contributed by atoms with van der Waals surface area (Å²) in [5, 5.41) is 26.1. The summed E-state index contributed by atoms with van der Waals surface area (Å²) in [6.45, 7) is 0.470. The van der Waals surface area contributed by atoms with Gasteiger partial charge in [0.1, 0.15) is 10.4 Å². The van der Waals surface area contributed by atoms with Crippen LogP contribution in [0.3, 0.4) is 0 Å². The van der Waals surface area contributed by atoms with Gasteiger partial charge in [-0.1, -0.05) is 48.2 Å². The van der Waals surface area contributed by atoms with Crippen LogP contribution in [0.5, 0.6) is 0 Å². The third-order valence-electron chi connectivity index (χ3n) is 4.79.